The van der Waals surface area contributed by atoms with E-state index in [1.54, 1.807) is 6.20 Å². The molecule has 1 aliphatic heterocycles. The molecule has 1 aromatic carbocycles. The number of anilines is 3. The average Bonchev–Trinajstić information content (AvgIpc) is 3.53. The summed E-state index contributed by atoms with van der Waals surface area (Å²) >= 11 is 0. The highest BCUT2D eigenvalue weighted by Gasteiger charge is 2.43. The highest BCUT2D eigenvalue weighted by molar-refractivity contribution is 5.66. The Kier molecular flexibility index (Phi) is 5.68. The van der Waals surface area contributed by atoms with Crippen molar-refractivity contribution in [3.05, 3.63) is 36.0 Å². The number of piperidine rings is 1. The molecule has 3 heterocycles. The van der Waals surface area contributed by atoms with Crippen molar-refractivity contribution in [2.75, 3.05) is 17.7 Å². The molecule has 10 heteroatoms. The lowest BCUT2D eigenvalue weighted by Gasteiger charge is -2.53. The van der Waals surface area contributed by atoms with E-state index in [1.165, 1.54) is 0 Å². The highest BCUT2D eigenvalue weighted by Crippen LogP contribution is 2.39. The summed E-state index contributed by atoms with van der Waals surface area (Å²) in [5.74, 6) is 1.74. The van der Waals surface area contributed by atoms with Gasteiger partial charge in [-0.1, -0.05) is 12.1 Å². The quantitative estimate of drug-likeness (QED) is 0.545. The molecule has 35 heavy (non-hydrogen) atoms. The maximum Gasteiger partial charge on any atom is 0.229 e. The number of benzene rings is 1. The van der Waals surface area contributed by atoms with Crippen LogP contribution in [0.5, 0.6) is 0 Å². The zero-order valence-electron chi connectivity index (χ0n) is 20.9. The van der Waals surface area contributed by atoms with Crippen LogP contribution < -0.4 is 10.6 Å². The predicted molar refractivity (Wildman–Crippen MR) is 134 cm³/mol. The number of tetrazole rings is 1. The molecule has 0 radical (unpaired) electrons. The Balaban J connectivity index is 1.37. The lowest BCUT2D eigenvalue weighted by Crippen LogP contribution is -2.61. The van der Waals surface area contributed by atoms with E-state index in [0.717, 1.165) is 42.8 Å². The van der Waals surface area contributed by atoms with Crippen molar-refractivity contribution >= 4 is 17.5 Å². The third-order valence-corrected chi connectivity index (χ3v) is 7.32. The first kappa shape index (κ1) is 23.2. The minimum absolute atomic E-state index is 0.0245. The van der Waals surface area contributed by atoms with Gasteiger partial charge in [0.2, 0.25) is 5.95 Å². The van der Waals surface area contributed by atoms with Crippen LogP contribution in [0.15, 0.2) is 30.5 Å². The van der Waals surface area contributed by atoms with Crippen molar-refractivity contribution in [2.24, 2.45) is 0 Å². The SMILES string of the molecule is CN1C(C)(C)CC(Nc2nc(Nc3cccc(-c4nnnn4C4CC4)c3)ncc2C#N)CC1(C)C. The molecule has 2 fully saturated rings. The first-order chi connectivity index (χ1) is 16.7. The smallest absolute Gasteiger partial charge is 0.229 e. The van der Waals surface area contributed by atoms with Crippen LogP contribution >= 0.6 is 0 Å². The average molecular weight is 473 g/mol. The summed E-state index contributed by atoms with van der Waals surface area (Å²) in [6.07, 6.45) is 5.68. The fourth-order valence-corrected chi connectivity index (χ4v) is 5.11. The van der Waals surface area contributed by atoms with Gasteiger partial charge < -0.3 is 10.6 Å². The van der Waals surface area contributed by atoms with Crippen molar-refractivity contribution < 1.29 is 0 Å². The summed E-state index contributed by atoms with van der Waals surface area (Å²) in [7, 11) is 2.18. The van der Waals surface area contributed by atoms with Gasteiger partial charge in [-0.25, -0.2) is 9.67 Å². The molecule has 0 unspecified atom stereocenters. The van der Waals surface area contributed by atoms with Gasteiger partial charge in [-0.05, 0) is 83.0 Å². The summed E-state index contributed by atoms with van der Waals surface area (Å²) in [5, 5.41) is 28.7. The molecule has 0 bridgehead atoms. The van der Waals surface area contributed by atoms with E-state index in [0.29, 0.717) is 23.4 Å². The summed E-state index contributed by atoms with van der Waals surface area (Å²) in [6, 6.07) is 10.7. The Morgan fingerprint density at radius 3 is 2.54 bits per heavy atom. The Morgan fingerprint density at radius 1 is 1.11 bits per heavy atom. The molecular formula is C25H32N10. The van der Waals surface area contributed by atoms with Gasteiger partial charge in [-0.15, -0.1) is 5.10 Å². The normalized spacial score (nSPS) is 19.8. The molecule has 182 valence electrons. The molecule has 3 aromatic rings. The van der Waals surface area contributed by atoms with E-state index in [-0.39, 0.29) is 17.1 Å². The Morgan fingerprint density at radius 2 is 1.86 bits per heavy atom. The van der Waals surface area contributed by atoms with E-state index in [4.69, 9.17) is 0 Å². The molecule has 1 aliphatic carbocycles. The van der Waals surface area contributed by atoms with Crippen LogP contribution in [0.4, 0.5) is 17.5 Å². The summed E-state index contributed by atoms with van der Waals surface area (Å²) < 4.78 is 1.89. The highest BCUT2D eigenvalue weighted by atomic mass is 15.6. The fourth-order valence-electron chi connectivity index (χ4n) is 5.11. The van der Waals surface area contributed by atoms with Gasteiger partial charge in [0.05, 0.1) is 12.2 Å². The molecule has 1 saturated carbocycles. The first-order valence-corrected chi connectivity index (χ1v) is 12.1. The molecule has 2 N–H and O–H groups in total. The largest absolute Gasteiger partial charge is 0.366 e. The monoisotopic (exact) mass is 472 g/mol. The topological polar surface area (TPSA) is 120 Å². The third-order valence-electron chi connectivity index (χ3n) is 7.32. The Bertz CT molecular complexity index is 1250. The van der Waals surface area contributed by atoms with Crippen LogP contribution in [-0.2, 0) is 0 Å². The van der Waals surface area contributed by atoms with Gasteiger partial charge in [0.15, 0.2) is 5.82 Å². The number of nitrogens with zero attached hydrogens (tertiary/aromatic N) is 8. The lowest BCUT2D eigenvalue weighted by molar-refractivity contribution is -0.00772. The van der Waals surface area contributed by atoms with Gasteiger partial charge in [-0.3, -0.25) is 4.90 Å². The zero-order chi connectivity index (χ0) is 24.8. The number of rotatable bonds is 6. The molecule has 0 atom stereocenters. The van der Waals surface area contributed by atoms with E-state index in [1.807, 2.05) is 28.9 Å². The summed E-state index contributed by atoms with van der Waals surface area (Å²) in [5.41, 5.74) is 2.23. The lowest BCUT2D eigenvalue weighted by atomic mass is 9.77. The van der Waals surface area contributed by atoms with Crippen molar-refractivity contribution in [1.82, 2.24) is 35.1 Å². The van der Waals surface area contributed by atoms with Gasteiger partial charge in [0.1, 0.15) is 17.5 Å². The van der Waals surface area contributed by atoms with Crippen LogP contribution in [0.1, 0.15) is 65.0 Å². The molecule has 10 nitrogen and oxygen atoms in total. The van der Waals surface area contributed by atoms with Gasteiger partial charge in [0.25, 0.3) is 0 Å². The minimum atomic E-state index is 0.0245. The number of nitriles is 1. The summed E-state index contributed by atoms with van der Waals surface area (Å²) in [4.78, 5) is 11.5. The summed E-state index contributed by atoms with van der Waals surface area (Å²) in [6.45, 7) is 9.03. The fraction of sp³-hybridized carbons (Fsp3) is 0.520. The van der Waals surface area contributed by atoms with Crippen molar-refractivity contribution in [3.63, 3.8) is 0 Å². The second kappa shape index (κ2) is 8.57. The molecule has 2 aromatic heterocycles. The predicted octanol–water partition coefficient (Wildman–Crippen LogP) is 4.14. The standard InChI is InChI=1S/C25H32N10/c1-24(2)12-19(13-25(3,4)34(24)5)28-21-17(14-26)15-27-23(30-21)29-18-8-6-7-16(11-18)22-31-32-33-35(22)20-9-10-20/h6-8,11,15,19-20H,9-10,12-13H2,1-5H3,(H2,27,28,29,30). The maximum atomic E-state index is 9.67. The van der Waals surface area contributed by atoms with Gasteiger partial charge >= 0.3 is 0 Å². The maximum absolute atomic E-state index is 9.67. The molecule has 0 amide bonds. The minimum Gasteiger partial charge on any atom is -0.366 e. The molecular weight excluding hydrogens is 440 g/mol. The van der Waals surface area contributed by atoms with Crippen LogP contribution in [0.3, 0.4) is 0 Å². The molecule has 1 saturated heterocycles. The molecule has 2 aliphatic rings. The Labute approximate surface area is 205 Å². The first-order valence-electron chi connectivity index (χ1n) is 12.1. The van der Waals surface area contributed by atoms with Gasteiger partial charge in [0, 0.05) is 28.4 Å². The van der Waals surface area contributed by atoms with E-state index >= 15 is 0 Å². The van der Waals surface area contributed by atoms with Crippen LogP contribution in [0.25, 0.3) is 11.4 Å². The second-order valence-corrected chi connectivity index (χ2v) is 10.9. The van der Waals surface area contributed by atoms with E-state index < -0.39 is 0 Å². The van der Waals surface area contributed by atoms with E-state index in [9.17, 15) is 5.26 Å². The number of hydrogen-bond donors (Lipinski definition) is 2. The molecule has 5 rings (SSSR count). The van der Waals surface area contributed by atoms with E-state index in [2.05, 4.69) is 81.8 Å². The number of nitrogens with one attached hydrogen (secondary N) is 2. The number of hydrogen-bond acceptors (Lipinski definition) is 9. The van der Waals surface area contributed by atoms with Crippen LogP contribution in [0.2, 0.25) is 0 Å². The second-order valence-electron chi connectivity index (χ2n) is 10.9. The Hall–Kier alpha value is -3.58. The van der Waals surface area contributed by atoms with Gasteiger partial charge in [-0.2, -0.15) is 10.2 Å². The number of aromatic nitrogens is 6. The zero-order valence-corrected chi connectivity index (χ0v) is 20.9. The third kappa shape index (κ3) is 4.68. The molecule has 0 spiro atoms. The van der Waals surface area contributed by atoms with Crippen LogP contribution in [0, 0.1) is 11.3 Å². The van der Waals surface area contributed by atoms with Crippen LogP contribution in [-0.4, -0.2) is 59.2 Å². The number of likely N-dealkylation sites (tertiary alicyclic amines) is 1. The van der Waals surface area contributed by atoms with Crippen molar-refractivity contribution in [1.29, 1.82) is 5.26 Å². The van der Waals surface area contributed by atoms with Crippen molar-refractivity contribution in [2.45, 2.75) is 76.5 Å². The van der Waals surface area contributed by atoms with Crippen molar-refractivity contribution in [3.8, 4) is 17.5 Å².